The molecule has 0 fully saturated rings. The highest BCUT2D eigenvalue weighted by Gasteiger charge is 2.17. The highest BCUT2D eigenvalue weighted by atomic mass is 35.5. The molecule has 0 unspecified atom stereocenters. The van der Waals surface area contributed by atoms with Gasteiger partial charge < -0.3 is 5.32 Å². The van der Waals surface area contributed by atoms with Crippen LogP contribution in [-0.2, 0) is 4.79 Å². The zero-order chi connectivity index (χ0) is 24.9. The van der Waals surface area contributed by atoms with E-state index in [4.69, 9.17) is 16.6 Å². The number of benzene rings is 3. The van der Waals surface area contributed by atoms with Crippen molar-refractivity contribution in [2.75, 3.05) is 11.1 Å². The number of hydrogen-bond donors (Lipinski definition) is 1. The minimum absolute atomic E-state index is 0.132. The second kappa shape index (κ2) is 10.8. The predicted octanol–water partition coefficient (Wildman–Crippen LogP) is 7.60. The lowest BCUT2D eigenvalue weighted by Gasteiger charge is -2.14. The number of thioether (sulfide) groups is 1. The minimum Gasteiger partial charge on any atom is -0.325 e. The lowest BCUT2D eigenvalue weighted by Crippen LogP contribution is -2.16. The van der Waals surface area contributed by atoms with Gasteiger partial charge in [-0.25, -0.2) is 4.98 Å². The summed E-state index contributed by atoms with van der Waals surface area (Å²) in [5.41, 5.74) is 7.73. The first kappa shape index (κ1) is 24.5. The number of nitrogens with one attached hydrogen (secondary N) is 1. The van der Waals surface area contributed by atoms with Gasteiger partial charge in [-0.15, -0.1) is 0 Å². The summed E-state index contributed by atoms with van der Waals surface area (Å²) in [4.78, 5) is 17.6. The van der Waals surface area contributed by atoms with Crippen LogP contribution >= 0.6 is 23.4 Å². The van der Waals surface area contributed by atoms with Crippen LogP contribution in [0.5, 0.6) is 0 Å². The third-order valence-corrected chi connectivity index (χ3v) is 6.91. The number of carbonyl (C=O) groups is 1. The maximum absolute atomic E-state index is 12.8. The Morgan fingerprint density at radius 1 is 0.971 bits per heavy atom. The van der Waals surface area contributed by atoms with Gasteiger partial charge in [0, 0.05) is 21.8 Å². The van der Waals surface area contributed by atoms with Crippen molar-refractivity contribution in [2.45, 2.75) is 25.8 Å². The van der Waals surface area contributed by atoms with E-state index >= 15 is 0 Å². The van der Waals surface area contributed by atoms with Gasteiger partial charge in [-0.1, -0.05) is 83.5 Å². The molecule has 0 saturated carbocycles. The monoisotopic (exact) mass is 497 g/mol. The number of anilines is 1. The van der Waals surface area contributed by atoms with Gasteiger partial charge in [0.2, 0.25) is 5.91 Å². The normalized spacial score (nSPS) is 10.6. The average molecular weight is 498 g/mol. The van der Waals surface area contributed by atoms with Crippen LogP contribution in [0.25, 0.3) is 22.4 Å². The van der Waals surface area contributed by atoms with E-state index in [0.717, 1.165) is 44.8 Å². The molecule has 4 nitrogen and oxygen atoms in total. The SMILES string of the molecule is Cc1ccc(-c2cc(-c3ccc(Cl)cc3)c(C#N)c(SCC(=O)Nc3c(C)cccc3C)n2)cc1. The molecule has 4 aromatic rings. The van der Waals surface area contributed by atoms with Crippen molar-refractivity contribution in [3.8, 4) is 28.5 Å². The van der Waals surface area contributed by atoms with E-state index in [2.05, 4.69) is 11.4 Å². The van der Waals surface area contributed by atoms with Gasteiger partial charge in [-0.2, -0.15) is 5.26 Å². The molecule has 1 aromatic heterocycles. The van der Waals surface area contributed by atoms with Gasteiger partial charge in [0.25, 0.3) is 0 Å². The highest BCUT2D eigenvalue weighted by molar-refractivity contribution is 8.00. The van der Waals surface area contributed by atoms with Crippen LogP contribution in [-0.4, -0.2) is 16.6 Å². The smallest absolute Gasteiger partial charge is 0.234 e. The molecule has 174 valence electrons. The van der Waals surface area contributed by atoms with Crippen molar-refractivity contribution in [1.82, 2.24) is 4.98 Å². The van der Waals surface area contributed by atoms with Crippen molar-refractivity contribution in [2.24, 2.45) is 0 Å². The number of amides is 1. The van der Waals surface area contributed by atoms with E-state index < -0.39 is 0 Å². The summed E-state index contributed by atoms with van der Waals surface area (Å²) >= 11 is 7.36. The molecule has 0 bridgehead atoms. The quantitative estimate of drug-likeness (QED) is 0.278. The minimum atomic E-state index is -0.146. The molecule has 0 aliphatic carbocycles. The number of rotatable bonds is 6. The van der Waals surface area contributed by atoms with Gasteiger partial charge in [0.1, 0.15) is 11.1 Å². The Hall–Kier alpha value is -3.59. The zero-order valence-electron chi connectivity index (χ0n) is 19.7. The number of aryl methyl sites for hydroxylation is 3. The fourth-order valence-corrected chi connectivity index (χ4v) is 4.71. The Kier molecular flexibility index (Phi) is 7.55. The molecule has 0 saturated heterocycles. The summed E-state index contributed by atoms with van der Waals surface area (Å²) in [6.07, 6.45) is 0. The van der Waals surface area contributed by atoms with Crippen LogP contribution in [0.2, 0.25) is 5.02 Å². The molecular weight excluding hydrogens is 474 g/mol. The number of para-hydroxylation sites is 1. The Labute approximate surface area is 215 Å². The van der Waals surface area contributed by atoms with E-state index in [9.17, 15) is 10.1 Å². The van der Waals surface area contributed by atoms with Crippen molar-refractivity contribution in [3.05, 3.63) is 100 Å². The van der Waals surface area contributed by atoms with E-state index in [1.807, 2.05) is 81.4 Å². The Bertz CT molecular complexity index is 1400. The number of nitrogens with zero attached hydrogens (tertiary/aromatic N) is 2. The molecule has 0 atom stereocenters. The molecule has 0 spiro atoms. The maximum atomic E-state index is 12.8. The second-order valence-corrected chi connectivity index (χ2v) is 9.72. The molecule has 1 amide bonds. The standard InChI is InChI=1S/C29H24ClN3OS/c1-18-7-9-22(10-8-18)26-15-24(21-11-13-23(30)14-12-21)25(16-31)29(32-26)35-17-27(34)33-28-19(2)5-4-6-20(28)3/h4-15H,17H2,1-3H3,(H,33,34). The topological polar surface area (TPSA) is 65.8 Å². The number of nitriles is 1. The molecule has 1 N–H and O–H groups in total. The van der Waals surface area contributed by atoms with Gasteiger partial charge in [0.15, 0.2) is 0 Å². The Balaban J connectivity index is 1.70. The molecule has 35 heavy (non-hydrogen) atoms. The number of pyridine rings is 1. The zero-order valence-corrected chi connectivity index (χ0v) is 21.3. The molecule has 4 rings (SSSR count). The van der Waals surface area contributed by atoms with Crippen LogP contribution in [0.4, 0.5) is 5.69 Å². The predicted molar refractivity (Wildman–Crippen MR) is 145 cm³/mol. The summed E-state index contributed by atoms with van der Waals surface area (Å²) in [6.45, 7) is 5.97. The molecule has 0 radical (unpaired) electrons. The van der Waals surface area contributed by atoms with Gasteiger partial charge >= 0.3 is 0 Å². The molecule has 3 aromatic carbocycles. The number of carbonyl (C=O) groups excluding carboxylic acids is 1. The second-order valence-electron chi connectivity index (χ2n) is 8.32. The largest absolute Gasteiger partial charge is 0.325 e. The lowest BCUT2D eigenvalue weighted by molar-refractivity contribution is -0.113. The van der Waals surface area contributed by atoms with E-state index in [1.165, 1.54) is 11.8 Å². The van der Waals surface area contributed by atoms with Crippen molar-refractivity contribution in [3.63, 3.8) is 0 Å². The van der Waals surface area contributed by atoms with Crippen molar-refractivity contribution in [1.29, 1.82) is 5.26 Å². The fraction of sp³-hybridized carbons (Fsp3) is 0.138. The summed E-state index contributed by atoms with van der Waals surface area (Å²) in [5, 5.41) is 14.2. The highest BCUT2D eigenvalue weighted by Crippen LogP contribution is 2.35. The van der Waals surface area contributed by atoms with Gasteiger partial charge in [0.05, 0.1) is 17.0 Å². The lowest BCUT2D eigenvalue weighted by atomic mass is 9.99. The van der Waals surface area contributed by atoms with Gasteiger partial charge in [-0.05, 0) is 55.7 Å². The van der Waals surface area contributed by atoms with Crippen LogP contribution in [0, 0.1) is 32.1 Å². The van der Waals surface area contributed by atoms with Crippen LogP contribution in [0.15, 0.2) is 77.8 Å². The Morgan fingerprint density at radius 2 is 1.60 bits per heavy atom. The van der Waals surface area contributed by atoms with Crippen molar-refractivity contribution < 1.29 is 4.79 Å². The number of halogens is 1. The maximum Gasteiger partial charge on any atom is 0.234 e. The van der Waals surface area contributed by atoms with E-state index in [0.29, 0.717) is 15.6 Å². The molecule has 0 aliphatic rings. The summed E-state index contributed by atoms with van der Waals surface area (Å²) in [6, 6.07) is 25.6. The van der Waals surface area contributed by atoms with Crippen LogP contribution in [0.1, 0.15) is 22.3 Å². The summed E-state index contributed by atoms with van der Waals surface area (Å²) in [7, 11) is 0. The van der Waals surface area contributed by atoms with E-state index in [1.54, 1.807) is 12.1 Å². The first-order valence-corrected chi connectivity index (χ1v) is 12.5. The number of hydrogen-bond acceptors (Lipinski definition) is 4. The third-order valence-electron chi connectivity index (χ3n) is 5.69. The first-order valence-electron chi connectivity index (χ1n) is 11.1. The van der Waals surface area contributed by atoms with Crippen LogP contribution < -0.4 is 5.32 Å². The first-order chi connectivity index (χ1) is 16.9. The van der Waals surface area contributed by atoms with Gasteiger partial charge in [-0.3, -0.25) is 4.79 Å². The summed E-state index contributed by atoms with van der Waals surface area (Å²) in [5.74, 6) is -0.0146. The third kappa shape index (κ3) is 5.74. The molecule has 6 heteroatoms. The fourth-order valence-electron chi connectivity index (χ4n) is 3.78. The van der Waals surface area contributed by atoms with Crippen molar-refractivity contribution >= 4 is 35.0 Å². The Morgan fingerprint density at radius 3 is 2.23 bits per heavy atom. The van der Waals surface area contributed by atoms with Crippen LogP contribution in [0.3, 0.4) is 0 Å². The summed E-state index contributed by atoms with van der Waals surface area (Å²) < 4.78 is 0. The average Bonchev–Trinajstić information content (AvgIpc) is 2.85. The molecule has 1 heterocycles. The molecular formula is C29H24ClN3OS. The van der Waals surface area contributed by atoms with E-state index in [-0.39, 0.29) is 11.7 Å². The molecule has 0 aliphatic heterocycles. The number of aromatic nitrogens is 1.